The third-order valence-electron chi connectivity index (χ3n) is 6.42. The molecule has 0 radical (unpaired) electrons. The Morgan fingerprint density at radius 1 is 1.00 bits per heavy atom. The fourth-order valence-electron chi connectivity index (χ4n) is 3.88. The van der Waals surface area contributed by atoms with Crippen molar-refractivity contribution >= 4 is 55.1 Å². The van der Waals surface area contributed by atoms with Crippen molar-refractivity contribution in [1.82, 2.24) is 10.2 Å². The average molecular weight is 635 g/mol. The van der Waals surface area contributed by atoms with Gasteiger partial charge in [0.1, 0.15) is 12.6 Å². The summed E-state index contributed by atoms with van der Waals surface area (Å²) in [5, 5.41) is 3.10. The summed E-state index contributed by atoms with van der Waals surface area (Å²) in [5.74, 6) is -0.865. The Morgan fingerprint density at radius 3 is 2.28 bits per heavy atom. The van der Waals surface area contributed by atoms with Crippen LogP contribution in [-0.4, -0.2) is 43.8 Å². The molecule has 2 atom stereocenters. The molecule has 3 rings (SSSR count). The maximum Gasteiger partial charge on any atom is 0.264 e. The number of nitrogens with zero attached hydrogens (tertiary/aromatic N) is 2. The molecule has 0 fully saturated rings. The van der Waals surface area contributed by atoms with Gasteiger partial charge in [-0.1, -0.05) is 76.4 Å². The van der Waals surface area contributed by atoms with Gasteiger partial charge in [0.25, 0.3) is 10.0 Å². The zero-order chi connectivity index (χ0) is 28.7. The van der Waals surface area contributed by atoms with Crippen molar-refractivity contribution < 1.29 is 18.0 Å². The van der Waals surface area contributed by atoms with Crippen LogP contribution in [0.1, 0.15) is 38.3 Å². The van der Waals surface area contributed by atoms with Crippen molar-refractivity contribution in [3.05, 3.63) is 93.4 Å². The maximum atomic E-state index is 13.9. The molecule has 0 bridgehead atoms. The zero-order valence-electron chi connectivity index (χ0n) is 22.4. The Kier molecular flexibility index (Phi) is 10.6. The average Bonchev–Trinajstić information content (AvgIpc) is 2.90. The van der Waals surface area contributed by atoms with Crippen LogP contribution >= 0.6 is 27.5 Å². The number of benzene rings is 3. The van der Waals surface area contributed by atoms with E-state index in [0.717, 1.165) is 26.3 Å². The molecular weight excluding hydrogens is 602 g/mol. The van der Waals surface area contributed by atoms with E-state index in [0.29, 0.717) is 0 Å². The van der Waals surface area contributed by atoms with Crippen LogP contribution in [0.15, 0.2) is 82.2 Å². The van der Waals surface area contributed by atoms with Crippen LogP contribution in [0.4, 0.5) is 5.69 Å². The summed E-state index contributed by atoms with van der Waals surface area (Å²) in [6.45, 7) is 6.90. The second-order valence-electron chi connectivity index (χ2n) is 9.42. The van der Waals surface area contributed by atoms with Crippen molar-refractivity contribution in [3.63, 3.8) is 0 Å². The number of hydrogen-bond donors (Lipinski definition) is 1. The van der Waals surface area contributed by atoms with Gasteiger partial charge in [-0.2, -0.15) is 0 Å². The summed E-state index contributed by atoms with van der Waals surface area (Å²) in [7, 11) is -4.18. The molecule has 0 saturated heterocycles. The fraction of sp³-hybridized carbons (Fsp3) is 0.310. The highest BCUT2D eigenvalue weighted by Gasteiger charge is 2.33. The lowest BCUT2D eigenvalue weighted by molar-refractivity contribution is -0.139. The molecule has 10 heteroatoms. The first-order chi connectivity index (χ1) is 18.4. The highest BCUT2D eigenvalue weighted by atomic mass is 79.9. The predicted molar refractivity (Wildman–Crippen MR) is 159 cm³/mol. The maximum absolute atomic E-state index is 13.9. The largest absolute Gasteiger partial charge is 0.352 e. The minimum absolute atomic E-state index is 0.0296. The van der Waals surface area contributed by atoms with Crippen LogP contribution in [0, 0.1) is 6.92 Å². The number of amides is 2. The summed E-state index contributed by atoms with van der Waals surface area (Å²) in [5.41, 5.74) is 1.86. The fourth-order valence-corrected chi connectivity index (χ4v) is 6.05. The molecule has 0 spiro atoms. The van der Waals surface area contributed by atoms with Gasteiger partial charge in [-0.15, -0.1) is 0 Å². The van der Waals surface area contributed by atoms with E-state index in [4.69, 9.17) is 11.6 Å². The SMILES string of the molecule is CC[C@@H](C)NC(=O)[C@H](C)N(Cc1cccc(Br)c1)C(=O)CN(c1ccccc1Cl)S(=O)(=O)c1ccc(C)cc1. The normalized spacial score (nSPS) is 12.9. The van der Waals surface area contributed by atoms with Gasteiger partial charge in [-0.3, -0.25) is 13.9 Å². The molecule has 0 aromatic heterocycles. The molecule has 0 unspecified atom stereocenters. The number of hydrogen-bond acceptors (Lipinski definition) is 4. The zero-order valence-corrected chi connectivity index (χ0v) is 25.6. The first kappa shape index (κ1) is 30.7. The van der Waals surface area contributed by atoms with Gasteiger partial charge < -0.3 is 10.2 Å². The molecule has 208 valence electrons. The third-order valence-corrected chi connectivity index (χ3v) is 9.01. The summed E-state index contributed by atoms with van der Waals surface area (Å²) < 4.78 is 29.5. The molecule has 3 aromatic carbocycles. The van der Waals surface area contributed by atoms with E-state index in [2.05, 4.69) is 21.2 Å². The monoisotopic (exact) mass is 633 g/mol. The summed E-state index contributed by atoms with van der Waals surface area (Å²) in [6.07, 6.45) is 0.729. The number of para-hydroxylation sites is 1. The second-order valence-corrected chi connectivity index (χ2v) is 12.6. The first-order valence-corrected chi connectivity index (χ1v) is 15.2. The lowest BCUT2D eigenvalue weighted by Crippen LogP contribution is -2.52. The van der Waals surface area contributed by atoms with Gasteiger partial charge >= 0.3 is 0 Å². The molecule has 1 N–H and O–H groups in total. The topological polar surface area (TPSA) is 86.8 Å². The molecule has 2 amide bonds. The van der Waals surface area contributed by atoms with Crippen molar-refractivity contribution in [2.75, 3.05) is 10.8 Å². The van der Waals surface area contributed by atoms with E-state index in [1.54, 1.807) is 43.3 Å². The van der Waals surface area contributed by atoms with Crippen molar-refractivity contribution in [3.8, 4) is 0 Å². The number of carbonyl (C=O) groups is 2. The highest BCUT2D eigenvalue weighted by Crippen LogP contribution is 2.31. The van der Waals surface area contributed by atoms with Crippen LogP contribution in [0.25, 0.3) is 0 Å². The Labute approximate surface area is 244 Å². The predicted octanol–water partition coefficient (Wildman–Crippen LogP) is 5.94. The standard InChI is InChI=1S/C29H33BrClN3O4S/c1-5-21(3)32-29(36)22(4)33(18-23-9-8-10-24(30)17-23)28(35)19-34(27-12-7-6-11-26(27)31)39(37,38)25-15-13-20(2)14-16-25/h6-17,21-22H,5,18-19H2,1-4H3,(H,32,36)/t21-,22+/m1/s1. The molecule has 0 aliphatic heterocycles. The van der Waals surface area contributed by atoms with Gasteiger partial charge in [-0.25, -0.2) is 8.42 Å². The third kappa shape index (κ3) is 7.84. The van der Waals surface area contributed by atoms with Crippen LogP contribution < -0.4 is 9.62 Å². The highest BCUT2D eigenvalue weighted by molar-refractivity contribution is 9.10. The van der Waals surface area contributed by atoms with E-state index in [-0.39, 0.29) is 34.1 Å². The number of carbonyl (C=O) groups excluding carboxylic acids is 2. The molecule has 7 nitrogen and oxygen atoms in total. The summed E-state index contributed by atoms with van der Waals surface area (Å²) in [6, 6.07) is 19.3. The Bertz CT molecular complexity index is 1420. The number of anilines is 1. The van der Waals surface area contributed by atoms with Crippen molar-refractivity contribution in [2.24, 2.45) is 0 Å². The lowest BCUT2D eigenvalue weighted by atomic mass is 10.1. The molecule has 3 aromatic rings. The molecule has 0 saturated carbocycles. The van der Waals surface area contributed by atoms with Crippen molar-refractivity contribution in [1.29, 1.82) is 0 Å². The number of halogens is 2. The number of nitrogens with one attached hydrogen (secondary N) is 1. The number of aryl methyl sites for hydroxylation is 1. The molecule has 0 aliphatic carbocycles. The summed E-state index contributed by atoms with van der Waals surface area (Å²) >= 11 is 9.88. The van der Waals surface area contributed by atoms with Crippen LogP contribution in [0.5, 0.6) is 0 Å². The van der Waals surface area contributed by atoms with Crippen LogP contribution in [-0.2, 0) is 26.2 Å². The Hall–Kier alpha value is -2.88. The second kappa shape index (κ2) is 13.5. The van der Waals surface area contributed by atoms with E-state index < -0.39 is 28.5 Å². The minimum atomic E-state index is -4.18. The smallest absolute Gasteiger partial charge is 0.264 e. The van der Waals surface area contributed by atoms with Gasteiger partial charge in [-0.05, 0) is 69.2 Å². The van der Waals surface area contributed by atoms with E-state index in [1.807, 2.05) is 45.0 Å². The van der Waals surface area contributed by atoms with Crippen molar-refractivity contribution in [2.45, 2.75) is 57.6 Å². The minimum Gasteiger partial charge on any atom is -0.352 e. The van der Waals surface area contributed by atoms with Crippen LogP contribution in [0.3, 0.4) is 0 Å². The van der Waals surface area contributed by atoms with E-state index >= 15 is 0 Å². The molecular formula is C29H33BrClN3O4S. The van der Waals surface area contributed by atoms with Gasteiger partial charge in [0.2, 0.25) is 11.8 Å². The molecule has 39 heavy (non-hydrogen) atoms. The van der Waals surface area contributed by atoms with Gasteiger partial charge in [0, 0.05) is 17.1 Å². The van der Waals surface area contributed by atoms with Crippen LogP contribution in [0.2, 0.25) is 5.02 Å². The Balaban J connectivity index is 2.04. The summed E-state index contributed by atoms with van der Waals surface area (Å²) in [4.78, 5) is 28.5. The molecule has 0 heterocycles. The molecule has 0 aliphatic rings. The number of sulfonamides is 1. The van der Waals surface area contributed by atoms with E-state index in [9.17, 15) is 18.0 Å². The first-order valence-electron chi connectivity index (χ1n) is 12.6. The van der Waals surface area contributed by atoms with Gasteiger partial charge in [0.05, 0.1) is 15.6 Å². The quantitative estimate of drug-likeness (QED) is 0.283. The van der Waals surface area contributed by atoms with E-state index in [1.165, 1.54) is 17.0 Å². The Morgan fingerprint density at radius 2 is 1.67 bits per heavy atom. The number of rotatable bonds is 11. The lowest BCUT2D eigenvalue weighted by Gasteiger charge is -2.32. The van der Waals surface area contributed by atoms with Gasteiger partial charge in [0.15, 0.2) is 0 Å².